The van der Waals surface area contributed by atoms with Crippen LogP contribution in [0.2, 0.25) is 0 Å². The molecule has 5 rings (SSSR count). The Labute approximate surface area is 247 Å². The van der Waals surface area contributed by atoms with Crippen LogP contribution >= 0.6 is 0 Å². The van der Waals surface area contributed by atoms with Crippen molar-refractivity contribution in [1.29, 1.82) is 0 Å². The number of carboxylic acid groups (broad SMARTS) is 1. The molecule has 43 heavy (non-hydrogen) atoms. The van der Waals surface area contributed by atoms with Gasteiger partial charge in [-0.05, 0) is 54.4 Å². The highest BCUT2D eigenvalue weighted by atomic mass is 16.7. The third-order valence-corrected chi connectivity index (χ3v) is 7.18. The summed E-state index contributed by atoms with van der Waals surface area (Å²) in [7, 11) is 1.34. The molecule has 2 aliphatic rings. The number of aliphatic carboxylic acids is 1. The quantitative estimate of drug-likeness (QED) is 0.356. The van der Waals surface area contributed by atoms with Crippen molar-refractivity contribution < 1.29 is 38.5 Å². The van der Waals surface area contributed by atoms with Gasteiger partial charge in [-0.1, -0.05) is 6.07 Å². The SMILES string of the molecule is COC(=O)N1CCCN(c2ccc(C(=O)NC(CC(=O)O)c3cccnc3)cc2NC(=O)c2ccc3c(c2)OCO3)CC1. The lowest BCUT2D eigenvalue weighted by atomic mass is 10.0. The van der Waals surface area contributed by atoms with Crippen LogP contribution in [0.5, 0.6) is 11.5 Å². The second kappa shape index (κ2) is 13.1. The van der Waals surface area contributed by atoms with Gasteiger partial charge in [0.15, 0.2) is 11.5 Å². The summed E-state index contributed by atoms with van der Waals surface area (Å²) < 4.78 is 15.6. The number of nitrogens with zero attached hydrogens (tertiary/aromatic N) is 3. The van der Waals surface area contributed by atoms with Crippen LogP contribution in [0.25, 0.3) is 0 Å². The molecule has 0 spiro atoms. The fraction of sp³-hybridized carbons (Fsp3) is 0.300. The maximum absolute atomic E-state index is 13.4. The van der Waals surface area contributed by atoms with E-state index in [2.05, 4.69) is 15.6 Å². The van der Waals surface area contributed by atoms with Gasteiger partial charge in [-0.25, -0.2) is 4.79 Å². The summed E-state index contributed by atoms with van der Waals surface area (Å²) >= 11 is 0. The Morgan fingerprint density at radius 2 is 1.77 bits per heavy atom. The van der Waals surface area contributed by atoms with E-state index < -0.39 is 29.9 Å². The summed E-state index contributed by atoms with van der Waals surface area (Å²) in [5, 5.41) is 15.1. The van der Waals surface area contributed by atoms with Crippen molar-refractivity contribution in [1.82, 2.24) is 15.2 Å². The normalized spacial score (nSPS) is 14.8. The Morgan fingerprint density at radius 1 is 0.977 bits per heavy atom. The molecule has 0 saturated carbocycles. The lowest BCUT2D eigenvalue weighted by Crippen LogP contribution is -2.35. The Morgan fingerprint density at radius 3 is 2.53 bits per heavy atom. The summed E-state index contributed by atoms with van der Waals surface area (Å²) in [6.45, 7) is 2.05. The third-order valence-electron chi connectivity index (χ3n) is 7.18. The molecule has 1 saturated heterocycles. The second-order valence-electron chi connectivity index (χ2n) is 9.96. The lowest BCUT2D eigenvalue weighted by molar-refractivity contribution is -0.137. The van der Waals surface area contributed by atoms with E-state index in [1.165, 1.54) is 13.3 Å². The van der Waals surface area contributed by atoms with Crippen molar-refractivity contribution in [2.45, 2.75) is 18.9 Å². The topological polar surface area (TPSA) is 160 Å². The number of carbonyl (C=O) groups excluding carboxylic acids is 3. The number of carbonyl (C=O) groups is 4. The molecular weight excluding hydrogens is 558 g/mol. The molecule has 1 atom stereocenters. The van der Waals surface area contributed by atoms with Crippen LogP contribution in [0.4, 0.5) is 16.2 Å². The van der Waals surface area contributed by atoms with E-state index in [1.807, 2.05) is 4.90 Å². The zero-order valence-corrected chi connectivity index (χ0v) is 23.4. The number of fused-ring (bicyclic) bond motifs is 1. The molecule has 3 heterocycles. The van der Waals surface area contributed by atoms with Crippen molar-refractivity contribution >= 4 is 35.3 Å². The minimum atomic E-state index is -1.08. The summed E-state index contributed by atoms with van der Waals surface area (Å²) in [4.78, 5) is 58.1. The van der Waals surface area contributed by atoms with Gasteiger partial charge >= 0.3 is 12.1 Å². The fourth-order valence-corrected chi connectivity index (χ4v) is 5.01. The first-order chi connectivity index (χ1) is 20.8. The van der Waals surface area contributed by atoms with Crippen LogP contribution in [0.15, 0.2) is 60.9 Å². The minimum Gasteiger partial charge on any atom is -0.481 e. The van der Waals surface area contributed by atoms with Crippen molar-refractivity contribution in [2.24, 2.45) is 0 Å². The first kappa shape index (κ1) is 29.2. The first-order valence-corrected chi connectivity index (χ1v) is 13.7. The number of hydrogen-bond donors (Lipinski definition) is 3. The van der Waals surface area contributed by atoms with Crippen LogP contribution in [-0.2, 0) is 9.53 Å². The molecule has 0 radical (unpaired) electrons. The van der Waals surface area contributed by atoms with E-state index >= 15 is 0 Å². The number of benzene rings is 2. The summed E-state index contributed by atoms with van der Waals surface area (Å²) in [6.07, 6.45) is 2.98. The van der Waals surface area contributed by atoms with E-state index in [9.17, 15) is 24.3 Å². The van der Waals surface area contributed by atoms with Crippen molar-refractivity contribution in [3.63, 3.8) is 0 Å². The Balaban J connectivity index is 1.43. The zero-order chi connectivity index (χ0) is 30.3. The molecular formula is C30H31N5O8. The van der Waals surface area contributed by atoms with Crippen molar-refractivity contribution in [3.8, 4) is 11.5 Å². The highest BCUT2D eigenvalue weighted by molar-refractivity contribution is 6.07. The van der Waals surface area contributed by atoms with Crippen LogP contribution in [-0.4, -0.2) is 78.9 Å². The van der Waals surface area contributed by atoms with Crippen LogP contribution < -0.4 is 25.0 Å². The number of rotatable bonds is 8. The molecule has 3 N–H and O–H groups in total. The van der Waals surface area contributed by atoms with E-state index in [-0.39, 0.29) is 18.8 Å². The predicted molar refractivity (Wildman–Crippen MR) is 154 cm³/mol. The number of anilines is 2. The average molecular weight is 590 g/mol. The highest BCUT2D eigenvalue weighted by Crippen LogP contribution is 2.34. The number of carboxylic acids is 1. The van der Waals surface area contributed by atoms with Gasteiger partial charge in [0.2, 0.25) is 6.79 Å². The standard InChI is InChI=1S/C30H31N5O8/c1-41-30(40)35-11-3-10-34(12-13-35)24-7-5-19(28(38)32-22(16-27(36)37)21-4-2-9-31-17-21)14-23(24)33-29(39)20-6-8-25-26(15-20)43-18-42-25/h2,4-9,14-15,17,22H,3,10-13,16,18H2,1H3,(H,32,38)(H,33,39)(H,36,37). The third kappa shape index (κ3) is 6.94. The zero-order valence-electron chi connectivity index (χ0n) is 23.4. The molecule has 1 aromatic heterocycles. The monoisotopic (exact) mass is 589 g/mol. The van der Waals surface area contributed by atoms with Gasteiger partial charge in [0, 0.05) is 49.7 Å². The summed E-state index contributed by atoms with van der Waals surface area (Å²) in [5.41, 5.74) is 2.13. The van der Waals surface area contributed by atoms with Gasteiger partial charge in [-0.15, -0.1) is 0 Å². The molecule has 3 aromatic rings. The van der Waals surface area contributed by atoms with Gasteiger partial charge in [-0.3, -0.25) is 19.4 Å². The predicted octanol–water partition coefficient (Wildman–Crippen LogP) is 3.29. The number of hydrogen-bond acceptors (Lipinski definition) is 9. The molecule has 3 amide bonds. The van der Waals surface area contributed by atoms with Gasteiger partial charge in [0.25, 0.3) is 11.8 Å². The lowest BCUT2D eigenvalue weighted by Gasteiger charge is -2.26. The van der Waals surface area contributed by atoms with Gasteiger partial charge in [0.1, 0.15) is 0 Å². The van der Waals surface area contributed by atoms with Crippen molar-refractivity contribution in [3.05, 3.63) is 77.6 Å². The molecule has 13 nitrogen and oxygen atoms in total. The van der Waals surface area contributed by atoms with Gasteiger partial charge < -0.3 is 39.8 Å². The van der Waals surface area contributed by atoms with E-state index in [1.54, 1.807) is 59.6 Å². The van der Waals surface area contributed by atoms with Crippen LogP contribution in [0, 0.1) is 0 Å². The molecule has 2 aromatic carbocycles. The van der Waals surface area contributed by atoms with Gasteiger partial charge in [0.05, 0.1) is 30.9 Å². The molecule has 0 aliphatic carbocycles. The smallest absolute Gasteiger partial charge is 0.409 e. The number of aromatic nitrogens is 1. The average Bonchev–Trinajstić information content (AvgIpc) is 3.35. The number of methoxy groups -OCH3 is 1. The Bertz CT molecular complexity index is 1520. The maximum atomic E-state index is 13.4. The molecule has 1 fully saturated rings. The number of pyridine rings is 1. The van der Waals surface area contributed by atoms with Crippen LogP contribution in [0.1, 0.15) is 45.2 Å². The largest absolute Gasteiger partial charge is 0.481 e. The number of amides is 3. The van der Waals surface area contributed by atoms with Crippen LogP contribution in [0.3, 0.4) is 0 Å². The fourth-order valence-electron chi connectivity index (χ4n) is 5.01. The maximum Gasteiger partial charge on any atom is 0.409 e. The van der Waals surface area contributed by atoms with E-state index in [0.29, 0.717) is 66.6 Å². The number of ether oxygens (including phenoxy) is 3. The molecule has 224 valence electrons. The molecule has 0 bridgehead atoms. The summed E-state index contributed by atoms with van der Waals surface area (Å²) in [6, 6.07) is 12.3. The summed E-state index contributed by atoms with van der Waals surface area (Å²) in [5.74, 6) is -1.03. The van der Waals surface area contributed by atoms with E-state index in [0.717, 1.165) is 0 Å². The second-order valence-corrected chi connectivity index (χ2v) is 9.96. The Hall–Kier alpha value is -5.33. The molecule has 1 unspecified atom stereocenters. The highest BCUT2D eigenvalue weighted by Gasteiger charge is 2.25. The van der Waals surface area contributed by atoms with Crippen molar-refractivity contribution in [2.75, 3.05) is 50.3 Å². The Kier molecular flexibility index (Phi) is 8.89. The van der Waals surface area contributed by atoms with E-state index in [4.69, 9.17) is 14.2 Å². The first-order valence-electron chi connectivity index (χ1n) is 13.7. The molecule has 13 heteroatoms. The number of nitrogens with one attached hydrogen (secondary N) is 2. The minimum absolute atomic E-state index is 0.0706. The molecule has 2 aliphatic heterocycles. The van der Waals surface area contributed by atoms with Gasteiger partial charge in [-0.2, -0.15) is 0 Å².